The molecule has 1 saturated heterocycles. The molecule has 1 aliphatic heterocycles. The third-order valence-electron chi connectivity index (χ3n) is 3.78. The molecule has 0 spiro atoms. The van der Waals surface area contributed by atoms with E-state index >= 15 is 0 Å². The second kappa shape index (κ2) is 5.77. The van der Waals surface area contributed by atoms with Gasteiger partial charge in [-0.1, -0.05) is 0 Å². The number of ether oxygens (including phenoxy) is 1. The summed E-state index contributed by atoms with van der Waals surface area (Å²) in [6, 6.07) is 3.25. The van der Waals surface area contributed by atoms with Gasteiger partial charge >= 0.3 is 0 Å². The molecule has 0 aliphatic carbocycles. The molecule has 8 heteroatoms. The van der Waals surface area contributed by atoms with Gasteiger partial charge in [-0.05, 0) is 26.7 Å². The maximum atomic E-state index is 12.4. The lowest BCUT2D eigenvalue weighted by atomic mass is 9.97. The van der Waals surface area contributed by atoms with Gasteiger partial charge in [0.05, 0.1) is 0 Å². The zero-order valence-corrected chi connectivity index (χ0v) is 13.4. The van der Waals surface area contributed by atoms with E-state index in [9.17, 15) is 8.42 Å². The summed E-state index contributed by atoms with van der Waals surface area (Å²) >= 11 is 0. The number of hydrogen-bond donors (Lipinski definition) is 2. The SMILES string of the molecule is Cc1cc(S(=O)(=O)Nc2cc(C3CCOCC3)[nH]n2)c(C)o1. The summed E-state index contributed by atoms with van der Waals surface area (Å²) in [5.74, 6) is 1.55. The summed E-state index contributed by atoms with van der Waals surface area (Å²) in [5, 5.41) is 6.97. The number of nitrogens with one attached hydrogen (secondary N) is 2. The third-order valence-corrected chi connectivity index (χ3v) is 5.24. The fourth-order valence-electron chi connectivity index (χ4n) is 2.67. The summed E-state index contributed by atoms with van der Waals surface area (Å²) in [7, 11) is -3.69. The minimum absolute atomic E-state index is 0.139. The Bertz CT molecular complexity index is 757. The van der Waals surface area contributed by atoms with Gasteiger partial charge in [0.25, 0.3) is 10.0 Å². The number of anilines is 1. The van der Waals surface area contributed by atoms with Crippen LogP contribution in [0.25, 0.3) is 0 Å². The first-order valence-corrected chi connectivity index (χ1v) is 8.67. The van der Waals surface area contributed by atoms with Crippen molar-refractivity contribution in [2.75, 3.05) is 17.9 Å². The smallest absolute Gasteiger partial charge is 0.266 e. The van der Waals surface area contributed by atoms with Crippen LogP contribution < -0.4 is 4.72 Å². The molecule has 2 N–H and O–H groups in total. The van der Waals surface area contributed by atoms with Crippen molar-refractivity contribution in [1.29, 1.82) is 0 Å². The van der Waals surface area contributed by atoms with E-state index in [1.165, 1.54) is 6.07 Å². The zero-order valence-electron chi connectivity index (χ0n) is 12.5. The molecule has 0 unspecified atom stereocenters. The van der Waals surface area contributed by atoms with E-state index in [1.807, 2.05) is 0 Å². The number of rotatable bonds is 4. The molecular formula is C14H19N3O4S. The molecule has 7 nitrogen and oxygen atoms in total. The highest BCUT2D eigenvalue weighted by molar-refractivity contribution is 7.92. The monoisotopic (exact) mass is 325 g/mol. The van der Waals surface area contributed by atoms with Gasteiger partial charge in [-0.2, -0.15) is 5.10 Å². The first kappa shape index (κ1) is 15.1. The van der Waals surface area contributed by atoms with Crippen molar-refractivity contribution in [3.05, 3.63) is 29.3 Å². The van der Waals surface area contributed by atoms with Crippen LogP contribution in [0.3, 0.4) is 0 Å². The van der Waals surface area contributed by atoms with Crippen LogP contribution in [0, 0.1) is 13.8 Å². The topological polar surface area (TPSA) is 97.2 Å². The Morgan fingerprint density at radius 1 is 1.27 bits per heavy atom. The van der Waals surface area contributed by atoms with E-state index in [0.717, 1.165) is 31.7 Å². The molecule has 3 heterocycles. The fraction of sp³-hybridized carbons (Fsp3) is 0.500. The second-order valence-corrected chi connectivity index (χ2v) is 7.13. The highest BCUT2D eigenvalue weighted by Crippen LogP contribution is 2.28. The average molecular weight is 325 g/mol. The van der Waals surface area contributed by atoms with E-state index in [1.54, 1.807) is 19.9 Å². The van der Waals surface area contributed by atoms with Gasteiger partial charge in [0.15, 0.2) is 5.82 Å². The van der Waals surface area contributed by atoms with Crippen molar-refractivity contribution in [2.45, 2.75) is 37.5 Å². The number of sulfonamides is 1. The molecule has 120 valence electrons. The van der Waals surface area contributed by atoms with Crippen LogP contribution >= 0.6 is 0 Å². The maximum Gasteiger partial charge on any atom is 0.266 e. The predicted octanol–water partition coefficient (Wildman–Crippen LogP) is 2.31. The summed E-state index contributed by atoms with van der Waals surface area (Å²) in [4.78, 5) is 0.139. The number of aromatic amines is 1. The quantitative estimate of drug-likeness (QED) is 0.899. The largest absolute Gasteiger partial charge is 0.465 e. The van der Waals surface area contributed by atoms with Gasteiger partial charge < -0.3 is 9.15 Å². The van der Waals surface area contributed by atoms with Crippen molar-refractivity contribution in [1.82, 2.24) is 10.2 Å². The van der Waals surface area contributed by atoms with Crippen LogP contribution in [-0.2, 0) is 14.8 Å². The number of nitrogens with zero attached hydrogens (tertiary/aromatic N) is 1. The molecule has 0 aromatic carbocycles. The molecule has 0 bridgehead atoms. The Morgan fingerprint density at radius 2 is 2.00 bits per heavy atom. The molecule has 3 rings (SSSR count). The number of aryl methyl sites for hydroxylation is 2. The van der Waals surface area contributed by atoms with Gasteiger partial charge in [-0.25, -0.2) is 8.42 Å². The van der Waals surface area contributed by atoms with E-state index in [0.29, 0.717) is 23.3 Å². The summed E-state index contributed by atoms with van der Waals surface area (Å²) in [5.41, 5.74) is 0.932. The average Bonchev–Trinajstić information content (AvgIpc) is 3.06. The number of H-pyrrole nitrogens is 1. The van der Waals surface area contributed by atoms with Crippen molar-refractivity contribution in [2.24, 2.45) is 0 Å². The predicted molar refractivity (Wildman–Crippen MR) is 80.4 cm³/mol. The normalized spacial score (nSPS) is 16.8. The maximum absolute atomic E-state index is 12.4. The standard InChI is InChI=1S/C14H19N3O4S/c1-9-7-13(10(2)21-9)22(18,19)17-14-8-12(15-16-14)11-3-5-20-6-4-11/h7-8,11H,3-6H2,1-2H3,(H2,15,16,17). The Balaban J connectivity index is 1.78. The van der Waals surface area contributed by atoms with Crippen LogP contribution in [-0.4, -0.2) is 31.8 Å². The van der Waals surface area contributed by atoms with Gasteiger partial charge in [0.2, 0.25) is 0 Å². The molecule has 2 aromatic rings. The number of hydrogen-bond acceptors (Lipinski definition) is 5. The van der Waals surface area contributed by atoms with E-state index in [4.69, 9.17) is 9.15 Å². The molecule has 1 fully saturated rings. The molecular weight excluding hydrogens is 306 g/mol. The lowest BCUT2D eigenvalue weighted by molar-refractivity contribution is 0.0845. The summed E-state index contributed by atoms with van der Waals surface area (Å²) in [6.07, 6.45) is 1.82. The summed E-state index contributed by atoms with van der Waals surface area (Å²) < 4.78 is 37.8. The molecule has 0 saturated carbocycles. The van der Waals surface area contributed by atoms with E-state index in [-0.39, 0.29) is 4.90 Å². The van der Waals surface area contributed by atoms with Crippen LogP contribution in [0.2, 0.25) is 0 Å². The van der Waals surface area contributed by atoms with Gasteiger partial charge in [-0.3, -0.25) is 9.82 Å². The number of furan rings is 1. The third kappa shape index (κ3) is 3.02. The first-order valence-electron chi connectivity index (χ1n) is 7.18. The van der Waals surface area contributed by atoms with Gasteiger partial charge in [0.1, 0.15) is 16.4 Å². The summed E-state index contributed by atoms with van der Waals surface area (Å²) in [6.45, 7) is 4.78. The minimum atomic E-state index is -3.69. The van der Waals surface area contributed by atoms with Gasteiger partial charge in [0, 0.05) is 37.0 Å². The van der Waals surface area contributed by atoms with Crippen molar-refractivity contribution >= 4 is 15.8 Å². The highest BCUT2D eigenvalue weighted by atomic mass is 32.2. The van der Waals surface area contributed by atoms with Crippen LogP contribution in [0.4, 0.5) is 5.82 Å². The molecule has 2 aromatic heterocycles. The lowest BCUT2D eigenvalue weighted by Gasteiger charge is -2.20. The Morgan fingerprint density at radius 3 is 2.64 bits per heavy atom. The molecule has 0 amide bonds. The molecule has 0 radical (unpaired) electrons. The van der Waals surface area contributed by atoms with E-state index < -0.39 is 10.0 Å². The van der Waals surface area contributed by atoms with Crippen LogP contribution in [0.1, 0.15) is 36.0 Å². The van der Waals surface area contributed by atoms with Crippen LogP contribution in [0.5, 0.6) is 0 Å². The van der Waals surface area contributed by atoms with Crippen molar-refractivity contribution in [3.8, 4) is 0 Å². The Labute approximate surface area is 129 Å². The minimum Gasteiger partial charge on any atom is -0.465 e. The first-order chi connectivity index (χ1) is 10.5. The molecule has 22 heavy (non-hydrogen) atoms. The Kier molecular flexibility index (Phi) is 3.96. The van der Waals surface area contributed by atoms with Crippen molar-refractivity contribution < 1.29 is 17.6 Å². The van der Waals surface area contributed by atoms with Crippen molar-refractivity contribution in [3.63, 3.8) is 0 Å². The number of aromatic nitrogens is 2. The van der Waals surface area contributed by atoms with E-state index in [2.05, 4.69) is 14.9 Å². The lowest BCUT2D eigenvalue weighted by Crippen LogP contribution is -2.14. The van der Waals surface area contributed by atoms with Gasteiger partial charge in [-0.15, -0.1) is 0 Å². The zero-order chi connectivity index (χ0) is 15.7. The van der Waals surface area contributed by atoms with Crippen LogP contribution in [0.15, 0.2) is 21.4 Å². The fourth-order valence-corrected chi connectivity index (χ4v) is 3.90. The molecule has 1 aliphatic rings. The highest BCUT2D eigenvalue weighted by Gasteiger charge is 2.23. The molecule has 0 atom stereocenters. The second-order valence-electron chi connectivity index (χ2n) is 5.48. The Hall–Kier alpha value is -1.80.